The molecule has 0 aliphatic carbocycles. The first-order valence-corrected chi connectivity index (χ1v) is 9.25. The lowest BCUT2D eigenvalue weighted by molar-refractivity contribution is 0.101. The van der Waals surface area contributed by atoms with Crippen LogP contribution < -0.4 is 5.63 Å². The maximum absolute atomic E-state index is 12.4. The zero-order valence-corrected chi connectivity index (χ0v) is 15.3. The Morgan fingerprint density at radius 2 is 1.81 bits per heavy atom. The highest BCUT2D eigenvalue weighted by molar-refractivity contribution is 7.99. The van der Waals surface area contributed by atoms with Gasteiger partial charge in [-0.15, -0.1) is 10.2 Å². The first-order chi connectivity index (χ1) is 13.1. The number of ketones is 1. The van der Waals surface area contributed by atoms with Crippen molar-refractivity contribution in [2.24, 2.45) is 0 Å². The van der Waals surface area contributed by atoms with E-state index in [4.69, 9.17) is 20.4 Å². The van der Waals surface area contributed by atoms with E-state index in [-0.39, 0.29) is 28.2 Å². The molecule has 4 aromatic rings. The first-order valence-electron chi connectivity index (χ1n) is 7.89. The molecule has 2 heterocycles. The molecule has 2 aromatic heterocycles. The van der Waals surface area contributed by atoms with Crippen molar-refractivity contribution in [1.29, 1.82) is 0 Å². The van der Waals surface area contributed by atoms with E-state index < -0.39 is 5.63 Å². The Morgan fingerprint density at radius 3 is 2.67 bits per heavy atom. The van der Waals surface area contributed by atoms with Gasteiger partial charge in [-0.3, -0.25) is 4.79 Å². The van der Waals surface area contributed by atoms with Crippen molar-refractivity contribution >= 4 is 40.1 Å². The Kier molecular flexibility index (Phi) is 4.79. The number of fused-ring (bicyclic) bond motifs is 1. The summed E-state index contributed by atoms with van der Waals surface area (Å²) < 4.78 is 10.7. The van der Waals surface area contributed by atoms with E-state index in [1.54, 1.807) is 48.5 Å². The second-order valence-electron chi connectivity index (χ2n) is 5.55. The summed E-state index contributed by atoms with van der Waals surface area (Å²) in [6.07, 6.45) is 0. The number of hydrogen-bond acceptors (Lipinski definition) is 7. The smallest absolute Gasteiger partial charge is 0.347 e. The summed E-state index contributed by atoms with van der Waals surface area (Å²) in [6, 6.07) is 15.6. The molecule has 27 heavy (non-hydrogen) atoms. The van der Waals surface area contributed by atoms with Crippen LogP contribution in [0, 0.1) is 0 Å². The monoisotopic (exact) mass is 398 g/mol. The summed E-state index contributed by atoms with van der Waals surface area (Å²) in [4.78, 5) is 24.5. The van der Waals surface area contributed by atoms with Gasteiger partial charge in [0.1, 0.15) is 11.1 Å². The normalized spacial score (nSPS) is 11.0. The van der Waals surface area contributed by atoms with Gasteiger partial charge in [-0.1, -0.05) is 53.7 Å². The molecule has 0 radical (unpaired) electrons. The van der Waals surface area contributed by atoms with Crippen LogP contribution >= 0.6 is 23.4 Å². The van der Waals surface area contributed by atoms with Gasteiger partial charge in [0, 0.05) is 5.39 Å². The largest absolute Gasteiger partial charge is 0.422 e. The Hall–Kier alpha value is -2.90. The Morgan fingerprint density at radius 1 is 1.04 bits per heavy atom. The molecule has 0 spiro atoms. The Bertz CT molecular complexity index is 1200. The van der Waals surface area contributed by atoms with Crippen LogP contribution in [0.4, 0.5) is 0 Å². The van der Waals surface area contributed by atoms with Crippen molar-refractivity contribution in [3.8, 4) is 11.5 Å². The number of hydrogen-bond donors (Lipinski definition) is 0. The zero-order chi connectivity index (χ0) is 18.8. The van der Waals surface area contributed by atoms with Gasteiger partial charge in [-0.25, -0.2) is 4.79 Å². The second kappa shape index (κ2) is 7.38. The molecule has 0 aliphatic rings. The van der Waals surface area contributed by atoms with Crippen LogP contribution in [-0.4, -0.2) is 21.7 Å². The Balaban J connectivity index is 1.51. The number of carbonyl (C=O) groups is 1. The summed E-state index contributed by atoms with van der Waals surface area (Å²) >= 11 is 7.15. The SMILES string of the molecule is O=C(CSc1nnc(-c2ccccc2Cl)o1)c1cc2ccccc2oc1=O. The molecular formula is C19H11ClN2O4S. The van der Waals surface area contributed by atoms with Gasteiger partial charge in [0.25, 0.3) is 5.22 Å². The van der Waals surface area contributed by atoms with Gasteiger partial charge in [0.05, 0.1) is 16.3 Å². The predicted molar refractivity (Wildman–Crippen MR) is 102 cm³/mol. The Labute approximate surface area is 162 Å². The second-order valence-corrected chi connectivity index (χ2v) is 6.88. The third-order valence-corrected chi connectivity index (χ3v) is 4.93. The molecule has 6 nitrogen and oxygen atoms in total. The van der Waals surface area contributed by atoms with Crippen LogP contribution in [0.5, 0.6) is 0 Å². The topological polar surface area (TPSA) is 86.2 Å². The molecule has 0 N–H and O–H groups in total. The lowest BCUT2D eigenvalue weighted by Gasteiger charge is -2.00. The van der Waals surface area contributed by atoms with E-state index in [0.717, 1.165) is 11.8 Å². The minimum absolute atomic E-state index is 0.00737. The van der Waals surface area contributed by atoms with Crippen LogP contribution in [0.2, 0.25) is 5.02 Å². The highest BCUT2D eigenvalue weighted by atomic mass is 35.5. The number of nitrogens with zero attached hydrogens (tertiary/aromatic N) is 2. The van der Waals surface area contributed by atoms with Crippen molar-refractivity contribution in [1.82, 2.24) is 10.2 Å². The van der Waals surface area contributed by atoms with Crippen LogP contribution in [0.3, 0.4) is 0 Å². The highest BCUT2D eigenvalue weighted by Crippen LogP contribution is 2.28. The van der Waals surface area contributed by atoms with Crippen LogP contribution in [0.1, 0.15) is 10.4 Å². The molecule has 0 saturated carbocycles. The number of carbonyl (C=O) groups excluding carboxylic acids is 1. The molecule has 2 aromatic carbocycles. The number of halogens is 1. The molecular weight excluding hydrogens is 388 g/mol. The van der Waals surface area contributed by atoms with Crippen molar-refractivity contribution in [3.05, 3.63) is 75.6 Å². The number of thioether (sulfide) groups is 1. The molecule has 4 rings (SSSR count). The maximum Gasteiger partial charge on any atom is 0.347 e. The van der Waals surface area contributed by atoms with Crippen LogP contribution in [-0.2, 0) is 0 Å². The summed E-state index contributed by atoms with van der Waals surface area (Å²) in [5.74, 6) is -0.148. The molecule has 0 amide bonds. The van der Waals surface area contributed by atoms with Crippen molar-refractivity contribution in [2.75, 3.05) is 5.75 Å². The lowest BCUT2D eigenvalue weighted by atomic mass is 10.1. The standard InChI is InChI=1S/C19H11ClN2O4S/c20-14-7-3-2-6-12(14)17-21-22-19(26-17)27-10-15(23)13-9-11-5-1-4-8-16(11)25-18(13)24/h1-9H,10H2. The summed E-state index contributed by atoms with van der Waals surface area (Å²) in [7, 11) is 0. The third kappa shape index (κ3) is 3.65. The molecule has 134 valence electrons. The quantitative estimate of drug-likeness (QED) is 0.278. The van der Waals surface area contributed by atoms with E-state index in [9.17, 15) is 9.59 Å². The van der Waals surface area contributed by atoms with Gasteiger partial charge >= 0.3 is 5.63 Å². The van der Waals surface area contributed by atoms with E-state index >= 15 is 0 Å². The molecule has 0 unspecified atom stereocenters. The molecule has 0 bridgehead atoms. The van der Waals surface area contributed by atoms with E-state index in [1.165, 1.54) is 6.07 Å². The number of Topliss-reactive ketones (excluding diaryl/α,β-unsaturated/α-hetero) is 1. The predicted octanol–water partition coefficient (Wildman–Crippen LogP) is 4.47. The fourth-order valence-electron chi connectivity index (χ4n) is 2.47. The minimum atomic E-state index is -0.665. The fourth-order valence-corrected chi connectivity index (χ4v) is 3.34. The average Bonchev–Trinajstić information content (AvgIpc) is 3.14. The molecule has 0 atom stereocenters. The van der Waals surface area contributed by atoms with Crippen LogP contribution in [0.25, 0.3) is 22.4 Å². The number of rotatable bonds is 5. The molecule has 0 fully saturated rings. The van der Waals surface area contributed by atoms with Crippen molar-refractivity contribution in [2.45, 2.75) is 5.22 Å². The zero-order valence-electron chi connectivity index (χ0n) is 13.7. The lowest BCUT2D eigenvalue weighted by Crippen LogP contribution is -2.15. The molecule has 0 aliphatic heterocycles. The van der Waals surface area contributed by atoms with E-state index in [2.05, 4.69) is 10.2 Å². The minimum Gasteiger partial charge on any atom is -0.422 e. The fraction of sp³-hybridized carbons (Fsp3) is 0.0526. The van der Waals surface area contributed by atoms with Crippen LogP contribution in [0.15, 0.2) is 73.4 Å². The maximum atomic E-state index is 12.4. The van der Waals surface area contributed by atoms with Gasteiger partial charge < -0.3 is 8.83 Å². The van der Waals surface area contributed by atoms with Gasteiger partial charge in [-0.2, -0.15) is 0 Å². The van der Waals surface area contributed by atoms with Crippen molar-refractivity contribution in [3.63, 3.8) is 0 Å². The first kappa shape index (κ1) is 17.5. The van der Waals surface area contributed by atoms with Gasteiger partial charge in [-0.05, 0) is 24.3 Å². The van der Waals surface area contributed by atoms with E-state index in [0.29, 0.717) is 21.6 Å². The number of aromatic nitrogens is 2. The van der Waals surface area contributed by atoms with E-state index in [1.807, 2.05) is 0 Å². The highest BCUT2D eigenvalue weighted by Gasteiger charge is 2.17. The number of para-hydroxylation sites is 1. The average molecular weight is 399 g/mol. The summed E-state index contributed by atoms with van der Waals surface area (Å²) in [5.41, 5.74) is 0.377. The summed E-state index contributed by atoms with van der Waals surface area (Å²) in [5, 5.41) is 9.23. The molecule has 0 saturated heterocycles. The third-order valence-electron chi connectivity index (χ3n) is 3.78. The number of benzene rings is 2. The molecule has 8 heteroatoms. The summed E-state index contributed by atoms with van der Waals surface area (Å²) in [6.45, 7) is 0. The van der Waals surface area contributed by atoms with Gasteiger partial charge in [0.2, 0.25) is 5.89 Å². The van der Waals surface area contributed by atoms with Crippen molar-refractivity contribution < 1.29 is 13.6 Å². The van der Waals surface area contributed by atoms with Gasteiger partial charge in [0.15, 0.2) is 5.78 Å².